The Morgan fingerprint density at radius 3 is 1.42 bits per heavy atom. The summed E-state index contributed by atoms with van der Waals surface area (Å²) in [6.45, 7) is 5.24. The van der Waals surface area contributed by atoms with Crippen molar-refractivity contribution in [1.82, 2.24) is 0 Å². The van der Waals surface area contributed by atoms with Crippen molar-refractivity contribution in [1.29, 1.82) is 0 Å². The number of hydrogen-bond donors (Lipinski definition) is 2. The van der Waals surface area contributed by atoms with Gasteiger partial charge in [-0.2, -0.15) is 0 Å². The van der Waals surface area contributed by atoms with Gasteiger partial charge in [-0.05, 0) is 74.6 Å². The molecule has 2 N–H and O–H groups in total. The summed E-state index contributed by atoms with van der Waals surface area (Å²) in [6.07, 6.45) is 0. The molecule has 2 rings (SSSR count). The largest absolute Gasteiger partial charge is 0 e. The number of anilines is 2. The Balaban J connectivity index is 0.00000264. The predicted molar refractivity (Wildman–Crippen MR) is 102 cm³/mol. The van der Waals surface area contributed by atoms with Crippen LogP contribution in [0.2, 0.25) is 0 Å². The molecule has 1 radical (unpaired) electrons. The van der Waals surface area contributed by atoms with Crippen LogP contribution < -0.4 is 20.1 Å². The second kappa shape index (κ2) is 12.4. The van der Waals surface area contributed by atoms with Crippen LogP contribution in [0.4, 0.5) is 11.4 Å². The quantitative estimate of drug-likeness (QED) is 0.555. The molecule has 0 atom stereocenters. The second-order valence-corrected chi connectivity index (χ2v) is 4.90. The normalized spacial score (nSPS) is 9.08. The number of thiocarbonyl (C=S) groups is 1. The second-order valence-electron chi connectivity index (χ2n) is 4.49. The Kier molecular flexibility index (Phi) is 12.0. The molecule has 0 aromatic heterocycles. The van der Waals surface area contributed by atoms with E-state index in [1.807, 2.05) is 62.4 Å². The van der Waals surface area contributed by atoms with E-state index in [1.54, 1.807) is 0 Å². The van der Waals surface area contributed by atoms with Crippen molar-refractivity contribution in [2.75, 3.05) is 23.8 Å². The third kappa shape index (κ3) is 7.76. The van der Waals surface area contributed by atoms with E-state index >= 15 is 0 Å². The summed E-state index contributed by atoms with van der Waals surface area (Å²) >= 11 is 5.30. The fraction of sp³-hybridized carbons (Fsp3) is 0.235. The standard InChI is InChI=1S/C17H20N2O2S.Li.Nb.H/c1-3-20-15-9-5-13(6-10-15)18-17(22)19-14-7-11-16(12-8-14)21-4-2;;;/h5-12H,3-4H2,1-2H3,(H2,18,19,22);;;. The predicted octanol–water partition coefficient (Wildman–Crippen LogP) is 3.64. The monoisotopic (exact) mass is 417 g/mol. The van der Waals surface area contributed by atoms with Crippen molar-refractivity contribution >= 4 is 47.6 Å². The maximum absolute atomic E-state index is 5.40. The molecule has 24 heavy (non-hydrogen) atoms. The maximum atomic E-state index is 5.40. The summed E-state index contributed by atoms with van der Waals surface area (Å²) in [6, 6.07) is 15.3. The molecular weight excluding hydrogens is 396 g/mol. The number of nitrogens with one attached hydrogen (secondary N) is 2. The summed E-state index contributed by atoms with van der Waals surface area (Å²) in [5.41, 5.74) is 1.82. The number of ether oxygens (including phenoxy) is 2. The topological polar surface area (TPSA) is 42.5 Å². The van der Waals surface area contributed by atoms with E-state index in [-0.39, 0.29) is 41.2 Å². The molecular formula is C17H21LiN2NbO2S. The molecule has 0 amide bonds. The summed E-state index contributed by atoms with van der Waals surface area (Å²) < 4.78 is 10.8. The molecule has 0 saturated heterocycles. The molecule has 0 heterocycles. The Hall–Kier alpha value is -0.932. The van der Waals surface area contributed by atoms with Gasteiger partial charge in [0.15, 0.2) is 5.11 Å². The fourth-order valence-corrected chi connectivity index (χ4v) is 2.13. The minimum atomic E-state index is 0. The SMILES string of the molecule is CCOc1ccc(NC(=S)Nc2ccc(OCC)cc2)cc1.[LiH].[Nb]. The van der Waals surface area contributed by atoms with Gasteiger partial charge in [-0.15, -0.1) is 0 Å². The van der Waals surface area contributed by atoms with Crippen LogP contribution in [0, 0.1) is 0 Å². The van der Waals surface area contributed by atoms with E-state index in [1.165, 1.54) is 0 Å². The van der Waals surface area contributed by atoms with Crippen molar-refractivity contribution in [2.45, 2.75) is 13.8 Å². The first-order valence-electron chi connectivity index (χ1n) is 7.25. The van der Waals surface area contributed by atoms with Gasteiger partial charge in [0.2, 0.25) is 0 Å². The third-order valence-corrected chi connectivity index (χ3v) is 3.05. The van der Waals surface area contributed by atoms with Crippen molar-refractivity contribution in [3.8, 4) is 11.5 Å². The molecule has 2 aromatic carbocycles. The summed E-state index contributed by atoms with van der Waals surface area (Å²) in [7, 11) is 0. The minimum Gasteiger partial charge on any atom is 0 e. The Morgan fingerprint density at radius 1 is 0.792 bits per heavy atom. The zero-order valence-electron chi connectivity index (χ0n) is 13.2. The van der Waals surface area contributed by atoms with Gasteiger partial charge in [0.25, 0.3) is 0 Å². The fourth-order valence-electron chi connectivity index (χ4n) is 1.90. The van der Waals surface area contributed by atoms with Crippen molar-refractivity contribution in [3.63, 3.8) is 0 Å². The van der Waals surface area contributed by atoms with Gasteiger partial charge in [0.05, 0.1) is 13.2 Å². The Bertz CT molecular complexity index is 555. The molecule has 0 aliphatic carbocycles. The van der Waals surface area contributed by atoms with Gasteiger partial charge in [-0.3, -0.25) is 0 Å². The van der Waals surface area contributed by atoms with E-state index in [4.69, 9.17) is 21.7 Å². The zero-order chi connectivity index (χ0) is 15.8. The van der Waals surface area contributed by atoms with Crippen LogP contribution >= 0.6 is 12.2 Å². The van der Waals surface area contributed by atoms with Gasteiger partial charge in [-0.1, -0.05) is 0 Å². The molecule has 2 aromatic rings. The first-order valence-corrected chi connectivity index (χ1v) is 7.65. The van der Waals surface area contributed by atoms with Crippen LogP contribution in [0.25, 0.3) is 0 Å². The molecule has 0 aliphatic rings. The van der Waals surface area contributed by atoms with Crippen molar-refractivity contribution in [3.05, 3.63) is 48.5 Å². The molecule has 7 heteroatoms. The summed E-state index contributed by atoms with van der Waals surface area (Å²) in [4.78, 5) is 0. The number of hydrogen-bond acceptors (Lipinski definition) is 3. The van der Waals surface area contributed by atoms with E-state index in [0.29, 0.717) is 18.3 Å². The van der Waals surface area contributed by atoms with E-state index in [9.17, 15) is 0 Å². The van der Waals surface area contributed by atoms with Gasteiger partial charge in [0.1, 0.15) is 11.5 Å². The summed E-state index contributed by atoms with van der Waals surface area (Å²) in [5.74, 6) is 1.69. The van der Waals surface area contributed by atoms with Crippen molar-refractivity contribution < 1.29 is 31.9 Å². The van der Waals surface area contributed by atoms with Crippen LogP contribution in [-0.4, -0.2) is 37.2 Å². The average molecular weight is 417 g/mol. The van der Waals surface area contributed by atoms with Crippen LogP contribution in [0.5, 0.6) is 11.5 Å². The molecule has 123 valence electrons. The van der Waals surface area contributed by atoms with Crippen LogP contribution in [0.1, 0.15) is 13.8 Å². The molecule has 0 spiro atoms. The number of benzene rings is 2. The first kappa shape index (κ1) is 23.1. The molecule has 4 nitrogen and oxygen atoms in total. The van der Waals surface area contributed by atoms with Gasteiger partial charge in [0, 0.05) is 33.8 Å². The molecule has 0 bridgehead atoms. The Morgan fingerprint density at radius 2 is 1.12 bits per heavy atom. The maximum Gasteiger partial charge on any atom is 0 e. The van der Waals surface area contributed by atoms with E-state index < -0.39 is 0 Å². The molecule has 0 fully saturated rings. The molecule has 0 unspecified atom stereocenters. The Labute approximate surface area is 176 Å². The van der Waals surface area contributed by atoms with Crippen molar-refractivity contribution in [2.24, 2.45) is 0 Å². The minimum absolute atomic E-state index is 0. The van der Waals surface area contributed by atoms with E-state index in [2.05, 4.69) is 10.6 Å². The summed E-state index contributed by atoms with van der Waals surface area (Å²) in [5, 5.41) is 6.80. The van der Waals surface area contributed by atoms with Gasteiger partial charge in [-0.25, -0.2) is 0 Å². The van der Waals surface area contributed by atoms with Crippen LogP contribution in [0.15, 0.2) is 48.5 Å². The number of rotatable bonds is 6. The van der Waals surface area contributed by atoms with Gasteiger partial charge < -0.3 is 20.1 Å². The first-order chi connectivity index (χ1) is 10.7. The van der Waals surface area contributed by atoms with Crippen LogP contribution in [-0.2, 0) is 22.4 Å². The van der Waals surface area contributed by atoms with Gasteiger partial charge >= 0.3 is 18.9 Å². The van der Waals surface area contributed by atoms with Crippen LogP contribution in [0.3, 0.4) is 0 Å². The molecule has 0 saturated carbocycles. The van der Waals surface area contributed by atoms with E-state index in [0.717, 1.165) is 22.9 Å². The molecule has 0 aliphatic heterocycles. The zero-order valence-corrected chi connectivity index (χ0v) is 16.2. The third-order valence-electron chi connectivity index (χ3n) is 2.85. The average Bonchev–Trinajstić information content (AvgIpc) is 2.52. The smallest absolute Gasteiger partial charge is 0 e.